The first-order valence-electron chi connectivity index (χ1n) is 8.81. The highest BCUT2D eigenvalue weighted by atomic mass is 16.4. The zero-order valence-electron chi connectivity index (χ0n) is 14.8. The molecule has 1 heterocycles. The predicted molar refractivity (Wildman–Crippen MR) is 95.2 cm³/mol. The predicted octanol–water partition coefficient (Wildman–Crippen LogP) is 2.54. The minimum atomic E-state index is -0.940. The van der Waals surface area contributed by atoms with E-state index in [0.29, 0.717) is 24.3 Å². The molecule has 2 rings (SSSR count). The Labute approximate surface area is 148 Å². The number of carboxylic acids is 1. The molecule has 1 fully saturated rings. The van der Waals surface area contributed by atoms with E-state index in [1.54, 1.807) is 29.2 Å². The lowest BCUT2D eigenvalue weighted by molar-refractivity contribution is -0.138. The van der Waals surface area contributed by atoms with Crippen LogP contribution >= 0.6 is 0 Å². The first-order valence-corrected chi connectivity index (χ1v) is 8.81. The number of piperidine rings is 1. The number of hydrogen-bond acceptors (Lipinski definition) is 3. The molecule has 2 atom stereocenters. The van der Waals surface area contributed by atoms with Crippen LogP contribution in [0.3, 0.4) is 0 Å². The maximum Gasteiger partial charge on any atom is 0.307 e. The topological polar surface area (TPSA) is 86.7 Å². The molecular formula is C19H26N2O4. The highest BCUT2D eigenvalue weighted by molar-refractivity contribution is 5.94. The number of benzene rings is 1. The molecule has 25 heavy (non-hydrogen) atoms. The van der Waals surface area contributed by atoms with Crippen molar-refractivity contribution in [2.24, 2.45) is 11.8 Å². The Balaban J connectivity index is 2.03. The van der Waals surface area contributed by atoms with E-state index in [9.17, 15) is 14.4 Å². The molecule has 2 N–H and O–H groups in total. The summed E-state index contributed by atoms with van der Waals surface area (Å²) in [6.45, 7) is 5.02. The van der Waals surface area contributed by atoms with E-state index in [0.717, 1.165) is 19.3 Å². The summed E-state index contributed by atoms with van der Waals surface area (Å²) in [4.78, 5) is 37.7. The zero-order chi connectivity index (χ0) is 18.4. The van der Waals surface area contributed by atoms with Crippen molar-refractivity contribution >= 4 is 23.5 Å². The van der Waals surface area contributed by atoms with E-state index in [2.05, 4.69) is 5.32 Å². The maximum atomic E-state index is 12.6. The van der Waals surface area contributed by atoms with Gasteiger partial charge in [0.1, 0.15) is 0 Å². The maximum absolute atomic E-state index is 12.6. The lowest BCUT2D eigenvalue weighted by Crippen LogP contribution is -2.45. The molecule has 0 saturated carbocycles. The molecule has 136 valence electrons. The first-order chi connectivity index (χ1) is 11.9. The van der Waals surface area contributed by atoms with Crippen LogP contribution in [-0.4, -0.2) is 40.9 Å². The van der Waals surface area contributed by atoms with E-state index in [1.165, 1.54) is 0 Å². The third-order valence-corrected chi connectivity index (χ3v) is 4.75. The molecule has 2 amide bonds. The van der Waals surface area contributed by atoms with Crippen LogP contribution in [0.5, 0.6) is 0 Å². The number of aliphatic carboxylic acids is 1. The van der Waals surface area contributed by atoms with Gasteiger partial charge in [-0.05, 0) is 30.9 Å². The van der Waals surface area contributed by atoms with Gasteiger partial charge in [-0.3, -0.25) is 14.4 Å². The number of rotatable bonds is 6. The Bertz CT molecular complexity index is 644. The Morgan fingerprint density at radius 1 is 1.32 bits per heavy atom. The van der Waals surface area contributed by atoms with Gasteiger partial charge < -0.3 is 15.3 Å². The van der Waals surface area contributed by atoms with Gasteiger partial charge in [-0.15, -0.1) is 0 Å². The minimum absolute atomic E-state index is 0.0295. The van der Waals surface area contributed by atoms with Crippen LogP contribution in [0.4, 0.5) is 5.69 Å². The number of nitrogens with one attached hydrogen (secondary N) is 1. The Morgan fingerprint density at radius 3 is 2.72 bits per heavy atom. The largest absolute Gasteiger partial charge is 0.481 e. The van der Waals surface area contributed by atoms with Crippen molar-refractivity contribution in [3.8, 4) is 0 Å². The van der Waals surface area contributed by atoms with Crippen molar-refractivity contribution in [1.82, 2.24) is 4.90 Å². The standard InChI is InChI=1S/C19H26N2O4/c1-3-13(2)19(25)21-10-6-8-15(12-21)18(24)20-16-9-5-4-7-14(16)11-17(22)23/h4-5,7,9,13,15H,3,6,8,10-12H2,1-2H3,(H,20,24)(H,22,23). The number of carbonyl (C=O) groups is 3. The molecule has 1 aliphatic rings. The van der Waals surface area contributed by atoms with Crippen molar-refractivity contribution in [2.75, 3.05) is 18.4 Å². The SMILES string of the molecule is CCC(C)C(=O)N1CCCC(C(=O)Nc2ccccc2CC(=O)O)C1. The second kappa shape index (κ2) is 8.65. The summed E-state index contributed by atoms with van der Waals surface area (Å²) < 4.78 is 0. The summed E-state index contributed by atoms with van der Waals surface area (Å²) in [5, 5.41) is 11.8. The summed E-state index contributed by atoms with van der Waals surface area (Å²) in [7, 11) is 0. The van der Waals surface area contributed by atoms with Crippen molar-refractivity contribution in [2.45, 2.75) is 39.5 Å². The smallest absolute Gasteiger partial charge is 0.307 e. The molecule has 0 bridgehead atoms. The molecule has 0 aliphatic carbocycles. The molecule has 0 aromatic heterocycles. The first kappa shape index (κ1) is 19.0. The molecule has 1 aromatic carbocycles. The van der Waals surface area contributed by atoms with E-state index in [1.807, 2.05) is 13.8 Å². The average molecular weight is 346 g/mol. The fourth-order valence-corrected chi connectivity index (χ4v) is 3.07. The van der Waals surface area contributed by atoms with Crippen molar-refractivity contribution < 1.29 is 19.5 Å². The van der Waals surface area contributed by atoms with Crippen molar-refractivity contribution in [3.63, 3.8) is 0 Å². The second-order valence-electron chi connectivity index (χ2n) is 6.65. The number of amides is 2. The monoisotopic (exact) mass is 346 g/mol. The number of carbonyl (C=O) groups excluding carboxylic acids is 2. The average Bonchev–Trinajstić information content (AvgIpc) is 2.61. The van der Waals surface area contributed by atoms with Gasteiger partial charge in [0.25, 0.3) is 0 Å². The summed E-state index contributed by atoms with van der Waals surface area (Å²) in [5.74, 6) is -1.28. The van der Waals surface area contributed by atoms with Gasteiger partial charge >= 0.3 is 5.97 Å². The third-order valence-electron chi connectivity index (χ3n) is 4.75. The fraction of sp³-hybridized carbons (Fsp3) is 0.526. The molecule has 0 radical (unpaired) electrons. The van der Waals surface area contributed by atoms with Crippen molar-refractivity contribution in [1.29, 1.82) is 0 Å². The molecule has 6 nitrogen and oxygen atoms in total. The number of carboxylic acid groups (broad SMARTS) is 1. The van der Waals surface area contributed by atoms with Gasteiger partial charge in [0.2, 0.25) is 11.8 Å². The highest BCUT2D eigenvalue weighted by Crippen LogP contribution is 2.22. The molecule has 1 aromatic rings. The van der Waals surface area contributed by atoms with Gasteiger partial charge in [-0.25, -0.2) is 0 Å². The Kier molecular flexibility index (Phi) is 6.56. The van der Waals surface area contributed by atoms with Crippen LogP contribution in [0.1, 0.15) is 38.7 Å². The Hall–Kier alpha value is -2.37. The van der Waals surface area contributed by atoms with Gasteiger partial charge in [0.15, 0.2) is 0 Å². The zero-order valence-corrected chi connectivity index (χ0v) is 14.8. The number of nitrogens with zero attached hydrogens (tertiary/aromatic N) is 1. The lowest BCUT2D eigenvalue weighted by atomic mass is 9.95. The normalized spacial score (nSPS) is 18.5. The number of anilines is 1. The van der Waals surface area contributed by atoms with Gasteiger partial charge in [-0.2, -0.15) is 0 Å². The summed E-state index contributed by atoms with van der Waals surface area (Å²) in [6.07, 6.45) is 2.18. The van der Waals surface area contributed by atoms with E-state index in [4.69, 9.17) is 5.11 Å². The van der Waals surface area contributed by atoms with E-state index in [-0.39, 0.29) is 30.1 Å². The second-order valence-corrected chi connectivity index (χ2v) is 6.65. The molecule has 0 spiro atoms. The third kappa shape index (κ3) is 5.05. The summed E-state index contributed by atoms with van der Waals surface area (Å²) in [6, 6.07) is 6.92. The quantitative estimate of drug-likeness (QED) is 0.829. The van der Waals surface area contributed by atoms with Crippen LogP contribution in [0, 0.1) is 11.8 Å². The van der Waals surface area contributed by atoms with E-state index < -0.39 is 5.97 Å². The van der Waals surface area contributed by atoms with Gasteiger partial charge in [-0.1, -0.05) is 32.0 Å². The van der Waals surface area contributed by atoms with Crippen LogP contribution in [0.15, 0.2) is 24.3 Å². The molecule has 1 aliphatic heterocycles. The van der Waals surface area contributed by atoms with Crippen LogP contribution in [0.25, 0.3) is 0 Å². The molecular weight excluding hydrogens is 320 g/mol. The highest BCUT2D eigenvalue weighted by Gasteiger charge is 2.30. The van der Waals surface area contributed by atoms with Crippen LogP contribution in [0.2, 0.25) is 0 Å². The molecule has 1 saturated heterocycles. The number of hydrogen-bond donors (Lipinski definition) is 2. The van der Waals surface area contributed by atoms with Crippen LogP contribution in [-0.2, 0) is 20.8 Å². The summed E-state index contributed by atoms with van der Waals surface area (Å²) >= 11 is 0. The lowest BCUT2D eigenvalue weighted by Gasteiger charge is -2.33. The molecule has 6 heteroatoms. The molecule has 2 unspecified atom stereocenters. The Morgan fingerprint density at radius 2 is 2.04 bits per heavy atom. The number of para-hydroxylation sites is 1. The number of likely N-dealkylation sites (tertiary alicyclic amines) is 1. The van der Waals surface area contributed by atoms with Crippen molar-refractivity contribution in [3.05, 3.63) is 29.8 Å². The van der Waals surface area contributed by atoms with Crippen LogP contribution < -0.4 is 5.32 Å². The van der Waals surface area contributed by atoms with Gasteiger partial charge in [0, 0.05) is 24.7 Å². The van der Waals surface area contributed by atoms with E-state index >= 15 is 0 Å². The minimum Gasteiger partial charge on any atom is -0.481 e. The fourth-order valence-electron chi connectivity index (χ4n) is 3.07. The summed E-state index contributed by atoms with van der Waals surface area (Å²) in [5.41, 5.74) is 1.10. The van der Waals surface area contributed by atoms with Gasteiger partial charge in [0.05, 0.1) is 12.3 Å².